The SMILES string of the molecule is COc1cccc(-c2nc3cc(C)cc(C)c3o2)c1. The van der Waals surface area contributed by atoms with Crippen molar-refractivity contribution >= 4 is 11.1 Å². The van der Waals surface area contributed by atoms with Gasteiger partial charge in [-0.2, -0.15) is 0 Å². The van der Waals surface area contributed by atoms with Gasteiger partial charge >= 0.3 is 0 Å². The van der Waals surface area contributed by atoms with Crippen molar-refractivity contribution in [1.82, 2.24) is 4.98 Å². The molecule has 1 aromatic heterocycles. The molecule has 0 unspecified atom stereocenters. The van der Waals surface area contributed by atoms with Crippen LogP contribution in [0.3, 0.4) is 0 Å². The lowest BCUT2D eigenvalue weighted by Crippen LogP contribution is -1.83. The highest BCUT2D eigenvalue weighted by Gasteiger charge is 2.11. The van der Waals surface area contributed by atoms with Crippen molar-refractivity contribution in [2.75, 3.05) is 7.11 Å². The van der Waals surface area contributed by atoms with Gasteiger partial charge < -0.3 is 9.15 Å². The van der Waals surface area contributed by atoms with Crippen LogP contribution >= 0.6 is 0 Å². The van der Waals surface area contributed by atoms with Crippen molar-refractivity contribution in [2.45, 2.75) is 13.8 Å². The summed E-state index contributed by atoms with van der Waals surface area (Å²) in [6.45, 7) is 4.10. The number of aromatic nitrogens is 1. The molecule has 0 aliphatic carbocycles. The van der Waals surface area contributed by atoms with E-state index in [1.54, 1.807) is 7.11 Å². The third-order valence-corrected chi connectivity index (χ3v) is 3.14. The van der Waals surface area contributed by atoms with Crippen LogP contribution in [0.5, 0.6) is 5.75 Å². The number of nitrogens with zero attached hydrogens (tertiary/aromatic N) is 1. The van der Waals surface area contributed by atoms with E-state index in [-0.39, 0.29) is 0 Å². The lowest BCUT2D eigenvalue weighted by atomic mass is 10.1. The quantitative estimate of drug-likeness (QED) is 0.689. The van der Waals surface area contributed by atoms with E-state index in [1.807, 2.05) is 37.3 Å². The molecule has 0 saturated heterocycles. The van der Waals surface area contributed by atoms with Gasteiger partial charge in [-0.25, -0.2) is 4.98 Å². The minimum Gasteiger partial charge on any atom is -0.497 e. The van der Waals surface area contributed by atoms with Gasteiger partial charge in [-0.15, -0.1) is 0 Å². The minimum atomic E-state index is 0.627. The van der Waals surface area contributed by atoms with E-state index in [0.717, 1.165) is 28.0 Å². The third kappa shape index (κ3) is 2.08. The van der Waals surface area contributed by atoms with Gasteiger partial charge in [-0.05, 0) is 49.2 Å². The molecule has 96 valence electrons. The second-order valence-corrected chi connectivity index (χ2v) is 4.68. The van der Waals surface area contributed by atoms with Crippen LogP contribution in [0.2, 0.25) is 0 Å². The Morgan fingerprint density at radius 1 is 1.11 bits per heavy atom. The first-order valence-electron chi connectivity index (χ1n) is 6.19. The van der Waals surface area contributed by atoms with E-state index in [4.69, 9.17) is 9.15 Å². The zero-order valence-corrected chi connectivity index (χ0v) is 11.2. The van der Waals surface area contributed by atoms with Crippen molar-refractivity contribution in [2.24, 2.45) is 0 Å². The van der Waals surface area contributed by atoms with Gasteiger partial charge in [0.05, 0.1) is 7.11 Å². The summed E-state index contributed by atoms with van der Waals surface area (Å²) in [6, 6.07) is 11.9. The Kier molecular flexibility index (Phi) is 2.75. The Morgan fingerprint density at radius 3 is 2.74 bits per heavy atom. The van der Waals surface area contributed by atoms with E-state index in [1.165, 1.54) is 5.56 Å². The van der Waals surface area contributed by atoms with Crippen LogP contribution in [0.4, 0.5) is 0 Å². The molecule has 0 bridgehead atoms. The minimum absolute atomic E-state index is 0.627. The van der Waals surface area contributed by atoms with Crippen LogP contribution in [0.15, 0.2) is 40.8 Å². The first kappa shape index (κ1) is 11.8. The maximum Gasteiger partial charge on any atom is 0.227 e. The first-order valence-corrected chi connectivity index (χ1v) is 6.19. The number of aryl methyl sites for hydroxylation is 2. The molecule has 3 nitrogen and oxygen atoms in total. The van der Waals surface area contributed by atoms with Crippen LogP contribution in [0, 0.1) is 13.8 Å². The van der Waals surface area contributed by atoms with Crippen molar-refractivity contribution in [3.05, 3.63) is 47.5 Å². The average molecular weight is 253 g/mol. The van der Waals surface area contributed by atoms with Crippen LogP contribution in [0.25, 0.3) is 22.6 Å². The maximum atomic E-state index is 5.87. The monoisotopic (exact) mass is 253 g/mol. The summed E-state index contributed by atoms with van der Waals surface area (Å²) < 4.78 is 11.1. The number of hydrogen-bond donors (Lipinski definition) is 0. The van der Waals surface area contributed by atoms with E-state index >= 15 is 0 Å². The molecule has 0 spiro atoms. The summed E-state index contributed by atoms with van der Waals surface area (Å²) in [5.41, 5.74) is 4.97. The van der Waals surface area contributed by atoms with Gasteiger partial charge in [0.1, 0.15) is 11.3 Å². The van der Waals surface area contributed by atoms with Crippen molar-refractivity contribution in [3.63, 3.8) is 0 Å². The highest BCUT2D eigenvalue weighted by molar-refractivity contribution is 5.80. The van der Waals surface area contributed by atoms with Gasteiger partial charge in [0, 0.05) is 5.56 Å². The second kappa shape index (κ2) is 4.43. The Bertz CT molecular complexity index is 744. The maximum absolute atomic E-state index is 5.87. The predicted octanol–water partition coefficient (Wildman–Crippen LogP) is 4.12. The number of fused-ring (bicyclic) bond motifs is 1. The number of oxazole rings is 1. The van der Waals surface area contributed by atoms with Gasteiger partial charge in [0.2, 0.25) is 5.89 Å². The lowest BCUT2D eigenvalue weighted by Gasteiger charge is -2.00. The summed E-state index contributed by atoms with van der Waals surface area (Å²) in [5, 5.41) is 0. The van der Waals surface area contributed by atoms with E-state index in [9.17, 15) is 0 Å². The molecule has 19 heavy (non-hydrogen) atoms. The Morgan fingerprint density at radius 2 is 1.95 bits per heavy atom. The first-order chi connectivity index (χ1) is 9.17. The van der Waals surface area contributed by atoms with Crippen LogP contribution in [0.1, 0.15) is 11.1 Å². The van der Waals surface area contributed by atoms with Crippen molar-refractivity contribution in [3.8, 4) is 17.2 Å². The largest absolute Gasteiger partial charge is 0.497 e. The van der Waals surface area contributed by atoms with Gasteiger partial charge in [-0.3, -0.25) is 0 Å². The van der Waals surface area contributed by atoms with Crippen LogP contribution < -0.4 is 4.74 Å². The molecule has 0 aliphatic rings. The van der Waals surface area contributed by atoms with E-state index in [0.29, 0.717) is 5.89 Å². The summed E-state index contributed by atoms with van der Waals surface area (Å²) in [7, 11) is 1.65. The molecule has 3 aromatic rings. The predicted molar refractivity (Wildman–Crippen MR) is 75.5 cm³/mol. The molecule has 0 fully saturated rings. The summed E-state index contributed by atoms with van der Waals surface area (Å²) >= 11 is 0. The standard InChI is InChI=1S/C16H15NO2/c1-10-7-11(2)15-14(8-10)17-16(19-15)12-5-4-6-13(9-12)18-3/h4-9H,1-3H3. The topological polar surface area (TPSA) is 35.3 Å². The summed E-state index contributed by atoms with van der Waals surface area (Å²) in [5.74, 6) is 1.43. The van der Waals surface area contributed by atoms with Crippen LogP contribution in [-0.2, 0) is 0 Å². The second-order valence-electron chi connectivity index (χ2n) is 4.68. The molecule has 0 radical (unpaired) electrons. The molecule has 0 amide bonds. The number of ether oxygens (including phenoxy) is 1. The van der Waals surface area contributed by atoms with Crippen molar-refractivity contribution < 1.29 is 9.15 Å². The molecular weight excluding hydrogens is 238 g/mol. The van der Waals surface area contributed by atoms with E-state index < -0.39 is 0 Å². The van der Waals surface area contributed by atoms with E-state index in [2.05, 4.69) is 18.0 Å². The van der Waals surface area contributed by atoms with Gasteiger partial charge in [0.15, 0.2) is 5.58 Å². The fraction of sp³-hybridized carbons (Fsp3) is 0.188. The lowest BCUT2D eigenvalue weighted by molar-refractivity contribution is 0.415. The molecule has 0 N–H and O–H groups in total. The highest BCUT2D eigenvalue weighted by Crippen LogP contribution is 2.29. The average Bonchev–Trinajstić information content (AvgIpc) is 2.83. The third-order valence-electron chi connectivity index (χ3n) is 3.14. The van der Waals surface area contributed by atoms with Crippen molar-refractivity contribution in [1.29, 1.82) is 0 Å². The number of benzene rings is 2. The van der Waals surface area contributed by atoms with Crippen LogP contribution in [-0.4, -0.2) is 12.1 Å². The zero-order valence-electron chi connectivity index (χ0n) is 11.2. The fourth-order valence-corrected chi connectivity index (χ4v) is 2.26. The molecule has 2 aromatic carbocycles. The smallest absolute Gasteiger partial charge is 0.227 e. The molecule has 0 aliphatic heterocycles. The normalized spacial score (nSPS) is 10.9. The zero-order chi connectivity index (χ0) is 13.4. The number of methoxy groups -OCH3 is 1. The Labute approximate surface area is 111 Å². The Balaban J connectivity index is 2.17. The van der Waals surface area contributed by atoms with Gasteiger partial charge in [-0.1, -0.05) is 12.1 Å². The molecule has 0 saturated carbocycles. The molecule has 3 rings (SSSR count). The Hall–Kier alpha value is -2.29. The number of rotatable bonds is 2. The molecule has 3 heteroatoms. The van der Waals surface area contributed by atoms with Gasteiger partial charge in [0.25, 0.3) is 0 Å². The molecular formula is C16H15NO2. The highest BCUT2D eigenvalue weighted by atomic mass is 16.5. The molecule has 0 atom stereocenters. The molecule has 1 heterocycles. The summed E-state index contributed by atoms with van der Waals surface area (Å²) in [6.07, 6.45) is 0. The fourth-order valence-electron chi connectivity index (χ4n) is 2.26. The summed E-state index contributed by atoms with van der Waals surface area (Å²) in [4.78, 5) is 4.56. The number of hydrogen-bond acceptors (Lipinski definition) is 3.